The van der Waals surface area contributed by atoms with Crippen molar-refractivity contribution >= 4 is 17.2 Å². The molecule has 0 N–H and O–H groups in total. The van der Waals surface area contributed by atoms with E-state index in [1.807, 2.05) is 4.90 Å². The number of thiophene rings is 1. The molecule has 2 aromatic rings. The smallest absolute Gasteiger partial charge is 0.263 e. The predicted molar refractivity (Wildman–Crippen MR) is 99.8 cm³/mol. The van der Waals surface area contributed by atoms with E-state index >= 15 is 0 Å². The summed E-state index contributed by atoms with van der Waals surface area (Å²) in [6.07, 6.45) is 4.29. The molecule has 1 amide bonds. The third-order valence-electron chi connectivity index (χ3n) is 5.43. The quantitative estimate of drug-likeness (QED) is 0.832. The lowest BCUT2D eigenvalue weighted by atomic mass is 9.91. The van der Waals surface area contributed by atoms with Gasteiger partial charge in [-0.3, -0.25) is 4.79 Å². The van der Waals surface area contributed by atoms with Crippen molar-refractivity contribution in [3.8, 4) is 10.4 Å². The molecule has 1 aromatic carbocycles. The Kier molecular flexibility index (Phi) is 4.19. The zero-order valence-corrected chi connectivity index (χ0v) is 15.2. The van der Waals surface area contributed by atoms with Crippen LogP contribution in [0.1, 0.15) is 33.6 Å². The molecule has 0 unspecified atom stereocenters. The van der Waals surface area contributed by atoms with Crippen molar-refractivity contribution in [1.29, 1.82) is 0 Å². The molecular formula is C20H24N2OS. The topological polar surface area (TPSA) is 23.6 Å². The molecule has 2 heterocycles. The summed E-state index contributed by atoms with van der Waals surface area (Å²) in [5, 5.41) is 0. The van der Waals surface area contributed by atoms with E-state index in [1.165, 1.54) is 21.6 Å². The standard InChI is InChI=1S/C20H24N2OS/c1-21(2)16-9-11-22(12-10-16)20(23)18-13-15-8-7-14-5-3-4-6-17(14)19(15)24-18/h3-6,13,16H,7-12H2,1-2H3. The number of benzene rings is 1. The van der Waals surface area contributed by atoms with Crippen LogP contribution in [0, 0.1) is 0 Å². The van der Waals surface area contributed by atoms with Gasteiger partial charge >= 0.3 is 0 Å². The number of piperidine rings is 1. The van der Waals surface area contributed by atoms with Gasteiger partial charge in [-0.1, -0.05) is 24.3 Å². The largest absolute Gasteiger partial charge is 0.338 e. The molecule has 0 atom stereocenters. The molecule has 1 aliphatic heterocycles. The minimum absolute atomic E-state index is 0.226. The number of hydrogen-bond acceptors (Lipinski definition) is 3. The van der Waals surface area contributed by atoms with Crippen molar-refractivity contribution in [3.63, 3.8) is 0 Å². The summed E-state index contributed by atoms with van der Waals surface area (Å²) in [6, 6.07) is 11.4. The summed E-state index contributed by atoms with van der Waals surface area (Å²) >= 11 is 1.69. The molecular weight excluding hydrogens is 316 g/mol. The first kappa shape index (κ1) is 15.9. The van der Waals surface area contributed by atoms with Gasteiger partial charge in [-0.25, -0.2) is 0 Å². The number of likely N-dealkylation sites (tertiary alicyclic amines) is 1. The van der Waals surface area contributed by atoms with Gasteiger partial charge in [0.2, 0.25) is 0 Å². The van der Waals surface area contributed by atoms with Crippen molar-refractivity contribution < 1.29 is 4.79 Å². The monoisotopic (exact) mass is 340 g/mol. The van der Waals surface area contributed by atoms with Crippen LogP contribution in [-0.2, 0) is 12.8 Å². The van der Waals surface area contributed by atoms with Crippen LogP contribution < -0.4 is 0 Å². The molecule has 3 nitrogen and oxygen atoms in total. The van der Waals surface area contributed by atoms with Gasteiger partial charge < -0.3 is 9.80 Å². The second-order valence-corrected chi connectivity index (χ2v) is 8.16. The Morgan fingerprint density at radius 3 is 2.58 bits per heavy atom. The van der Waals surface area contributed by atoms with Crippen LogP contribution in [0.2, 0.25) is 0 Å². The number of aryl methyl sites for hydroxylation is 2. The Balaban J connectivity index is 1.55. The lowest BCUT2D eigenvalue weighted by molar-refractivity contribution is 0.0668. The number of carbonyl (C=O) groups is 1. The minimum atomic E-state index is 0.226. The molecule has 126 valence electrons. The average Bonchev–Trinajstić information content (AvgIpc) is 3.06. The average molecular weight is 340 g/mol. The first-order valence-corrected chi connectivity index (χ1v) is 9.62. The van der Waals surface area contributed by atoms with Gasteiger partial charge in [0, 0.05) is 24.0 Å². The fraction of sp³-hybridized carbons (Fsp3) is 0.450. The highest BCUT2D eigenvalue weighted by Gasteiger charge is 2.27. The van der Waals surface area contributed by atoms with Crippen molar-refractivity contribution in [1.82, 2.24) is 9.80 Å². The number of hydrogen-bond donors (Lipinski definition) is 0. The van der Waals surface area contributed by atoms with Crippen LogP contribution in [0.3, 0.4) is 0 Å². The van der Waals surface area contributed by atoms with Gasteiger partial charge in [-0.15, -0.1) is 11.3 Å². The van der Waals surface area contributed by atoms with Crippen molar-refractivity contribution in [3.05, 3.63) is 46.3 Å². The molecule has 0 bridgehead atoms. The molecule has 0 spiro atoms. The summed E-state index contributed by atoms with van der Waals surface area (Å²) in [4.78, 5) is 19.5. The summed E-state index contributed by atoms with van der Waals surface area (Å²) in [5.41, 5.74) is 4.09. The van der Waals surface area contributed by atoms with Gasteiger partial charge in [-0.2, -0.15) is 0 Å². The third-order valence-corrected chi connectivity index (χ3v) is 6.63. The fourth-order valence-corrected chi connectivity index (χ4v) is 5.16. The highest BCUT2D eigenvalue weighted by molar-refractivity contribution is 7.17. The van der Waals surface area contributed by atoms with E-state index in [4.69, 9.17) is 0 Å². The summed E-state index contributed by atoms with van der Waals surface area (Å²) in [6.45, 7) is 1.75. The van der Waals surface area contributed by atoms with E-state index in [0.29, 0.717) is 6.04 Å². The van der Waals surface area contributed by atoms with Crippen LogP contribution in [0.25, 0.3) is 10.4 Å². The summed E-state index contributed by atoms with van der Waals surface area (Å²) in [7, 11) is 4.26. The maximum atomic E-state index is 12.9. The van der Waals surface area contributed by atoms with E-state index in [2.05, 4.69) is 49.3 Å². The Morgan fingerprint density at radius 2 is 1.83 bits per heavy atom. The molecule has 4 rings (SSSR count). The van der Waals surface area contributed by atoms with Gasteiger partial charge in [0.25, 0.3) is 5.91 Å². The van der Waals surface area contributed by atoms with E-state index in [-0.39, 0.29) is 5.91 Å². The molecule has 1 saturated heterocycles. The summed E-state index contributed by atoms with van der Waals surface area (Å²) in [5.74, 6) is 0.226. The molecule has 0 radical (unpaired) electrons. The van der Waals surface area contributed by atoms with Crippen LogP contribution >= 0.6 is 11.3 Å². The maximum Gasteiger partial charge on any atom is 0.263 e. The number of amides is 1. The van der Waals surface area contributed by atoms with Gasteiger partial charge in [0.05, 0.1) is 4.88 Å². The van der Waals surface area contributed by atoms with Crippen LogP contribution in [-0.4, -0.2) is 48.9 Å². The SMILES string of the molecule is CN(C)C1CCN(C(=O)c2cc3c(s2)-c2ccccc2CC3)CC1. The normalized spacial score (nSPS) is 17.7. The van der Waals surface area contributed by atoms with Gasteiger partial charge in [0.1, 0.15) is 0 Å². The van der Waals surface area contributed by atoms with Crippen LogP contribution in [0.4, 0.5) is 0 Å². The summed E-state index contributed by atoms with van der Waals surface area (Å²) < 4.78 is 0. The highest BCUT2D eigenvalue weighted by Crippen LogP contribution is 2.40. The fourth-order valence-electron chi connectivity index (χ4n) is 3.92. The van der Waals surface area contributed by atoms with Crippen LogP contribution in [0.15, 0.2) is 30.3 Å². The second-order valence-electron chi connectivity index (χ2n) is 7.11. The van der Waals surface area contributed by atoms with Gasteiger partial charge in [0.15, 0.2) is 0 Å². The number of fused-ring (bicyclic) bond motifs is 3. The maximum absolute atomic E-state index is 12.9. The first-order valence-electron chi connectivity index (χ1n) is 8.80. The van der Waals surface area contributed by atoms with E-state index < -0.39 is 0 Å². The molecule has 4 heteroatoms. The molecule has 24 heavy (non-hydrogen) atoms. The molecule has 0 saturated carbocycles. The van der Waals surface area contributed by atoms with E-state index in [1.54, 1.807) is 11.3 Å². The first-order chi connectivity index (χ1) is 11.6. The third kappa shape index (κ3) is 2.78. The Labute approximate surface area is 147 Å². The molecule has 1 fully saturated rings. The Hall–Kier alpha value is -1.65. The van der Waals surface area contributed by atoms with Crippen molar-refractivity contribution in [2.24, 2.45) is 0 Å². The lowest BCUT2D eigenvalue weighted by Gasteiger charge is -2.35. The number of carbonyl (C=O) groups excluding carboxylic acids is 1. The Morgan fingerprint density at radius 1 is 1.12 bits per heavy atom. The molecule has 1 aliphatic carbocycles. The predicted octanol–water partition coefficient (Wildman–Crippen LogP) is 3.68. The van der Waals surface area contributed by atoms with E-state index in [9.17, 15) is 4.79 Å². The van der Waals surface area contributed by atoms with Crippen LogP contribution in [0.5, 0.6) is 0 Å². The van der Waals surface area contributed by atoms with E-state index in [0.717, 1.165) is 43.6 Å². The Bertz CT molecular complexity index is 757. The molecule has 2 aliphatic rings. The van der Waals surface area contributed by atoms with Crippen molar-refractivity contribution in [2.75, 3.05) is 27.2 Å². The number of nitrogens with zero attached hydrogens (tertiary/aromatic N) is 2. The minimum Gasteiger partial charge on any atom is -0.338 e. The van der Waals surface area contributed by atoms with Gasteiger partial charge in [-0.05, 0) is 62.5 Å². The highest BCUT2D eigenvalue weighted by atomic mass is 32.1. The number of rotatable bonds is 2. The zero-order valence-electron chi connectivity index (χ0n) is 14.4. The molecule has 1 aromatic heterocycles. The van der Waals surface area contributed by atoms with Crippen molar-refractivity contribution in [2.45, 2.75) is 31.7 Å². The lowest BCUT2D eigenvalue weighted by Crippen LogP contribution is -2.44. The zero-order chi connectivity index (χ0) is 16.7. The second kappa shape index (κ2) is 6.34.